The molecule has 3 rings (SSSR count). The number of ether oxygens (including phenoxy) is 2. The first kappa shape index (κ1) is 31.3. The lowest BCUT2D eigenvalue weighted by molar-refractivity contribution is -0.196. The predicted molar refractivity (Wildman–Crippen MR) is 147 cm³/mol. The molecule has 0 unspecified atom stereocenters. The molecule has 1 saturated carbocycles. The standard InChI is InChI=1S/C32H44F2O5/c1-2-3-20-32(33,34)30(37)19-18-27-26(28(36)23-29(27)39-31-17-11-12-21-38-31)16-10-5-4-9-15-25(35)22-24-13-7-6-8-14-24/h5-8,10,13-14,26-27,29,31H,2-4,9,11-12,15-23H2,1H3/b10-5+/t26-,27-,29-,31+/m1/s1. The van der Waals surface area contributed by atoms with E-state index >= 15 is 0 Å². The van der Waals surface area contributed by atoms with Crippen LogP contribution in [0.1, 0.15) is 96.0 Å². The largest absolute Gasteiger partial charge is 0.353 e. The lowest BCUT2D eigenvalue weighted by atomic mass is 9.86. The smallest absolute Gasteiger partial charge is 0.305 e. The third kappa shape index (κ3) is 10.3. The van der Waals surface area contributed by atoms with Gasteiger partial charge >= 0.3 is 5.92 Å². The van der Waals surface area contributed by atoms with Crippen LogP contribution in [0.5, 0.6) is 0 Å². The van der Waals surface area contributed by atoms with Gasteiger partial charge < -0.3 is 9.47 Å². The van der Waals surface area contributed by atoms with E-state index in [-0.39, 0.29) is 49.0 Å². The molecule has 1 heterocycles. The van der Waals surface area contributed by atoms with Crippen molar-refractivity contribution in [2.45, 2.75) is 115 Å². The average Bonchev–Trinajstić information content (AvgIpc) is 3.22. The Labute approximate surface area is 231 Å². The molecule has 0 amide bonds. The Bertz CT molecular complexity index is 939. The number of hydrogen-bond acceptors (Lipinski definition) is 5. The molecule has 0 radical (unpaired) electrons. The molecule has 4 atom stereocenters. The van der Waals surface area contributed by atoms with Crippen molar-refractivity contribution in [2.24, 2.45) is 11.8 Å². The molecule has 7 heteroatoms. The van der Waals surface area contributed by atoms with E-state index in [2.05, 4.69) is 0 Å². The van der Waals surface area contributed by atoms with E-state index < -0.39 is 24.2 Å². The zero-order valence-electron chi connectivity index (χ0n) is 23.3. The van der Waals surface area contributed by atoms with Crippen LogP contribution < -0.4 is 0 Å². The molecule has 216 valence electrons. The van der Waals surface area contributed by atoms with Crippen LogP contribution in [-0.2, 0) is 30.3 Å². The minimum Gasteiger partial charge on any atom is -0.353 e. The van der Waals surface area contributed by atoms with Crippen molar-refractivity contribution in [1.82, 2.24) is 0 Å². The fourth-order valence-electron chi connectivity index (χ4n) is 5.56. The molecule has 1 aromatic carbocycles. The van der Waals surface area contributed by atoms with Gasteiger partial charge in [-0.15, -0.1) is 0 Å². The number of unbranched alkanes of at least 4 members (excludes halogenated alkanes) is 2. The molecule has 1 saturated heterocycles. The van der Waals surface area contributed by atoms with Gasteiger partial charge in [0.15, 0.2) is 6.29 Å². The SMILES string of the molecule is CCCCC(F)(F)C(=O)CC[C@H]1[C@H](O[C@H]2CCCCO2)CC(=O)[C@@H]1C/C=C/CCCC(=O)Cc1ccccc1. The van der Waals surface area contributed by atoms with Crippen molar-refractivity contribution in [3.8, 4) is 0 Å². The van der Waals surface area contributed by atoms with E-state index in [9.17, 15) is 23.2 Å². The number of hydrogen-bond donors (Lipinski definition) is 0. The van der Waals surface area contributed by atoms with Crippen molar-refractivity contribution >= 4 is 17.3 Å². The highest BCUT2D eigenvalue weighted by molar-refractivity contribution is 5.86. The predicted octanol–water partition coefficient (Wildman–Crippen LogP) is 7.21. The Morgan fingerprint density at radius 1 is 1.10 bits per heavy atom. The van der Waals surface area contributed by atoms with Crippen molar-refractivity contribution in [2.75, 3.05) is 6.61 Å². The number of ketones is 3. The van der Waals surface area contributed by atoms with Crippen LogP contribution >= 0.6 is 0 Å². The van der Waals surface area contributed by atoms with Gasteiger partial charge in [0, 0.05) is 44.6 Å². The highest BCUT2D eigenvalue weighted by atomic mass is 19.3. The second-order valence-electron chi connectivity index (χ2n) is 11.0. The summed E-state index contributed by atoms with van der Waals surface area (Å²) in [6.45, 7) is 2.43. The Morgan fingerprint density at radius 2 is 1.90 bits per heavy atom. The summed E-state index contributed by atoms with van der Waals surface area (Å²) in [5.74, 6) is -4.79. The summed E-state index contributed by atoms with van der Waals surface area (Å²) in [6.07, 6.45) is 9.35. The van der Waals surface area contributed by atoms with Gasteiger partial charge in [-0.1, -0.05) is 55.8 Å². The van der Waals surface area contributed by atoms with Crippen LogP contribution in [0.25, 0.3) is 0 Å². The summed E-state index contributed by atoms with van der Waals surface area (Å²) in [5, 5.41) is 0. The molecule has 0 N–H and O–H groups in total. The first-order chi connectivity index (χ1) is 18.8. The Kier molecular flexibility index (Phi) is 12.9. The number of allylic oxidation sites excluding steroid dienone is 2. The van der Waals surface area contributed by atoms with E-state index in [1.54, 1.807) is 0 Å². The van der Waals surface area contributed by atoms with Crippen LogP contribution in [-0.4, -0.2) is 42.3 Å². The highest BCUT2D eigenvalue weighted by Crippen LogP contribution is 2.39. The zero-order valence-corrected chi connectivity index (χ0v) is 23.3. The van der Waals surface area contributed by atoms with Crippen molar-refractivity contribution in [3.63, 3.8) is 0 Å². The number of alkyl halides is 2. The first-order valence-electron chi connectivity index (χ1n) is 14.7. The third-order valence-electron chi connectivity index (χ3n) is 7.86. The maximum atomic E-state index is 14.3. The van der Waals surface area contributed by atoms with E-state index in [0.717, 1.165) is 37.7 Å². The van der Waals surface area contributed by atoms with Crippen LogP contribution in [0.15, 0.2) is 42.5 Å². The van der Waals surface area contributed by atoms with Crippen molar-refractivity contribution in [1.29, 1.82) is 0 Å². The Hall–Kier alpha value is -2.25. The van der Waals surface area contributed by atoms with E-state index in [1.165, 1.54) is 0 Å². The van der Waals surface area contributed by atoms with Gasteiger partial charge in [0.25, 0.3) is 0 Å². The fraction of sp³-hybridized carbons (Fsp3) is 0.656. The van der Waals surface area contributed by atoms with Gasteiger partial charge in [-0.05, 0) is 62.8 Å². The summed E-state index contributed by atoms with van der Waals surface area (Å²) in [5.41, 5.74) is 1.01. The van der Waals surface area contributed by atoms with E-state index in [4.69, 9.17) is 9.47 Å². The number of benzene rings is 1. The minimum absolute atomic E-state index is 0.0497. The van der Waals surface area contributed by atoms with Gasteiger partial charge in [0.2, 0.25) is 5.78 Å². The second-order valence-corrected chi connectivity index (χ2v) is 11.0. The number of halogens is 2. The van der Waals surface area contributed by atoms with E-state index in [0.29, 0.717) is 38.7 Å². The van der Waals surface area contributed by atoms with Crippen molar-refractivity contribution < 1.29 is 32.6 Å². The monoisotopic (exact) mass is 546 g/mol. The molecular formula is C32H44F2O5. The molecule has 39 heavy (non-hydrogen) atoms. The minimum atomic E-state index is -3.32. The van der Waals surface area contributed by atoms with E-state index in [1.807, 2.05) is 49.4 Å². The van der Waals surface area contributed by atoms with Gasteiger partial charge in [-0.2, -0.15) is 8.78 Å². The molecule has 2 fully saturated rings. The molecule has 1 aromatic rings. The fourth-order valence-corrected chi connectivity index (χ4v) is 5.56. The molecule has 0 bridgehead atoms. The lowest BCUT2D eigenvalue weighted by Gasteiger charge is -2.30. The topological polar surface area (TPSA) is 69.7 Å². The van der Waals surface area contributed by atoms with Gasteiger partial charge in [0.05, 0.1) is 6.10 Å². The summed E-state index contributed by atoms with van der Waals surface area (Å²) in [4.78, 5) is 37.6. The molecule has 0 aromatic heterocycles. The molecule has 5 nitrogen and oxygen atoms in total. The van der Waals surface area contributed by atoms with Crippen LogP contribution in [0.4, 0.5) is 8.78 Å². The highest BCUT2D eigenvalue weighted by Gasteiger charge is 2.45. The number of carbonyl (C=O) groups is 3. The Morgan fingerprint density at radius 3 is 2.62 bits per heavy atom. The van der Waals surface area contributed by atoms with Gasteiger partial charge in [-0.3, -0.25) is 14.4 Å². The summed E-state index contributed by atoms with van der Waals surface area (Å²) in [6, 6.07) is 9.68. The summed E-state index contributed by atoms with van der Waals surface area (Å²) in [7, 11) is 0. The third-order valence-corrected chi connectivity index (χ3v) is 7.86. The van der Waals surface area contributed by atoms with Crippen molar-refractivity contribution in [3.05, 3.63) is 48.0 Å². The number of carbonyl (C=O) groups excluding carboxylic acids is 3. The van der Waals surface area contributed by atoms with Gasteiger partial charge in [0.1, 0.15) is 11.6 Å². The maximum Gasteiger partial charge on any atom is 0.305 e. The molecular weight excluding hydrogens is 502 g/mol. The molecule has 0 spiro atoms. The molecule has 1 aliphatic carbocycles. The zero-order chi connectivity index (χ0) is 28.1. The van der Waals surface area contributed by atoms with Crippen LogP contribution in [0, 0.1) is 11.8 Å². The van der Waals surface area contributed by atoms with Crippen LogP contribution in [0.3, 0.4) is 0 Å². The summed E-state index contributed by atoms with van der Waals surface area (Å²) >= 11 is 0. The van der Waals surface area contributed by atoms with Gasteiger partial charge in [-0.25, -0.2) is 0 Å². The molecule has 2 aliphatic rings. The quantitative estimate of drug-likeness (QED) is 0.153. The van der Waals surface area contributed by atoms with Crippen LogP contribution in [0.2, 0.25) is 0 Å². The second kappa shape index (κ2) is 16.1. The number of rotatable bonds is 17. The summed E-state index contributed by atoms with van der Waals surface area (Å²) < 4.78 is 40.5. The maximum absolute atomic E-state index is 14.3. The lowest BCUT2D eigenvalue weighted by Crippen LogP contribution is -2.33. The number of Topliss-reactive ketones (excluding diaryl/α,β-unsaturated/α-hetero) is 3. The first-order valence-corrected chi connectivity index (χ1v) is 14.7. The normalized spacial score (nSPS) is 23.9. The Balaban J connectivity index is 1.52. The molecule has 1 aliphatic heterocycles. The average molecular weight is 547 g/mol.